The van der Waals surface area contributed by atoms with Gasteiger partial charge in [0.2, 0.25) is 5.96 Å². The zero-order chi connectivity index (χ0) is 23.8. The molecule has 0 amide bonds. The van der Waals surface area contributed by atoms with Gasteiger partial charge in [-0.3, -0.25) is 0 Å². The molecule has 0 saturated heterocycles. The van der Waals surface area contributed by atoms with Gasteiger partial charge in [-0.2, -0.15) is 0 Å². The predicted octanol–water partition coefficient (Wildman–Crippen LogP) is 4.44. The van der Waals surface area contributed by atoms with Crippen LogP contribution in [-0.4, -0.2) is 28.5 Å². The molecule has 6 nitrogen and oxygen atoms in total. The van der Waals surface area contributed by atoms with Crippen molar-refractivity contribution in [3.63, 3.8) is 0 Å². The van der Waals surface area contributed by atoms with Crippen LogP contribution in [0.2, 0.25) is 0 Å². The van der Waals surface area contributed by atoms with E-state index in [0.29, 0.717) is 5.56 Å². The van der Waals surface area contributed by atoms with E-state index in [4.69, 9.17) is 0 Å². The molecular formula is C24H24F2N4O2S. The van der Waals surface area contributed by atoms with Crippen molar-refractivity contribution in [2.75, 3.05) is 24.3 Å². The van der Waals surface area contributed by atoms with Crippen LogP contribution in [0.5, 0.6) is 0 Å². The fourth-order valence-electron chi connectivity index (χ4n) is 3.78. The summed E-state index contributed by atoms with van der Waals surface area (Å²) in [5.41, 5.74) is 2.79. The molecule has 9 heteroatoms. The minimum Gasteiger partial charge on any atom is -0.378 e. The topological polar surface area (TPSA) is 73.8 Å². The van der Waals surface area contributed by atoms with E-state index in [1.165, 1.54) is 18.2 Å². The van der Waals surface area contributed by atoms with Crippen LogP contribution in [-0.2, 0) is 16.6 Å². The molecular weight excluding hydrogens is 446 g/mol. The highest BCUT2D eigenvalue weighted by Crippen LogP contribution is 2.38. The summed E-state index contributed by atoms with van der Waals surface area (Å²) in [5.74, 6) is -1.41. The number of aliphatic imine (C=N–C) groups is 1. The molecule has 0 spiro atoms. The van der Waals surface area contributed by atoms with Gasteiger partial charge in [0.05, 0.1) is 12.2 Å². The molecule has 3 aromatic rings. The van der Waals surface area contributed by atoms with Crippen molar-refractivity contribution in [3.05, 3.63) is 89.0 Å². The molecule has 172 valence electrons. The normalized spacial score (nSPS) is 16.5. The van der Waals surface area contributed by atoms with Gasteiger partial charge in [0, 0.05) is 31.3 Å². The Hall–Kier alpha value is -3.46. The molecule has 3 aromatic carbocycles. The first-order chi connectivity index (χ1) is 15.7. The van der Waals surface area contributed by atoms with Gasteiger partial charge < -0.3 is 10.2 Å². The number of benzene rings is 3. The van der Waals surface area contributed by atoms with E-state index in [1.807, 2.05) is 50.2 Å². The van der Waals surface area contributed by atoms with Gasteiger partial charge in [0.1, 0.15) is 16.5 Å². The molecule has 0 saturated carbocycles. The molecule has 0 aromatic heterocycles. The zero-order valence-electron chi connectivity index (χ0n) is 18.4. The number of nitrogens with zero attached hydrogens (tertiary/aromatic N) is 2. The van der Waals surface area contributed by atoms with Gasteiger partial charge in [0.25, 0.3) is 10.0 Å². The highest BCUT2D eigenvalue weighted by atomic mass is 32.2. The third kappa shape index (κ3) is 4.68. The Morgan fingerprint density at radius 2 is 1.76 bits per heavy atom. The lowest BCUT2D eigenvalue weighted by Crippen LogP contribution is -2.41. The third-order valence-electron chi connectivity index (χ3n) is 5.57. The van der Waals surface area contributed by atoms with Gasteiger partial charge in [-0.05, 0) is 47.5 Å². The van der Waals surface area contributed by atoms with Crippen LogP contribution >= 0.6 is 0 Å². The van der Waals surface area contributed by atoms with Crippen LogP contribution < -0.4 is 14.9 Å². The van der Waals surface area contributed by atoms with Gasteiger partial charge in [0.15, 0.2) is 0 Å². The Bertz CT molecular complexity index is 1320. The number of hydrogen-bond donors (Lipinski definition) is 2. The lowest BCUT2D eigenvalue weighted by molar-refractivity contribution is 0.586. The van der Waals surface area contributed by atoms with Crippen molar-refractivity contribution in [1.29, 1.82) is 0 Å². The number of anilines is 2. The van der Waals surface area contributed by atoms with Gasteiger partial charge in [-0.25, -0.2) is 26.9 Å². The van der Waals surface area contributed by atoms with Gasteiger partial charge in [-0.15, -0.1) is 0 Å². The monoisotopic (exact) mass is 470 g/mol. The molecule has 1 heterocycles. The van der Waals surface area contributed by atoms with Crippen molar-refractivity contribution < 1.29 is 17.2 Å². The van der Waals surface area contributed by atoms with Crippen LogP contribution in [0.1, 0.15) is 29.5 Å². The Kier molecular flexibility index (Phi) is 6.07. The molecule has 4 rings (SSSR count). The first-order valence-electron chi connectivity index (χ1n) is 10.3. The number of sulfonamides is 1. The Morgan fingerprint density at radius 1 is 1.03 bits per heavy atom. The Balaban J connectivity index is 1.73. The van der Waals surface area contributed by atoms with E-state index in [2.05, 4.69) is 15.0 Å². The molecule has 1 unspecified atom stereocenters. The van der Waals surface area contributed by atoms with Crippen molar-refractivity contribution in [1.82, 2.24) is 4.72 Å². The summed E-state index contributed by atoms with van der Waals surface area (Å²) in [6.07, 6.45) is 0. The van der Waals surface area contributed by atoms with Crippen molar-refractivity contribution in [2.45, 2.75) is 24.3 Å². The Morgan fingerprint density at radius 3 is 2.42 bits per heavy atom. The minimum atomic E-state index is -3.97. The van der Waals surface area contributed by atoms with E-state index in [9.17, 15) is 12.8 Å². The molecule has 0 fully saturated rings. The maximum atomic E-state index is 15.1. The lowest BCUT2D eigenvalue weighted by atomic mass is 9.91. The summed E-state index contributed by atoms with van der Waals surface area (Å²) < 4.78 is 56.6. The summed E-state index contributed by atoms with van der Waals surface area (Å²) in [5, 5.41) is 2.94. The van der Waals surface area contributed by atoms with Gasteiger partial charge in [-0.1, -0.05) is 31.2 Å². The molecule has 0 aliphatic carbocycles. The predicted molar refractivity (Wildman–Crippen MR) is 126 cm³/mol. The van der Waals surface area contributed by atoms with Crippen LogP contribution in [0.3, 0.4) is 0 Å². The fourth-order valence-corrected chi connectivity index (χ4v) is 4.94. The highest BCUT2D eigenvalue weighted by molar-refractivity contribution is 7.90. The SMILES string of the molecule is CC(c1ccc(N(C)C)cc1)c1c(F)ccc2c1NC(=NCc1cccc(F)c1)NS2(=O)=O. The molecule has 0 radical (unpaired) electrons. The second-order valence-corrected chi connectivity index (χ2v) is 9.72. The first kappa shape index (κ1) is 22.7. The first-order valence-corrected chi connectivity index (χ1v) is 11.8. The van der Waals surface area contributed by atoms with Crippen molar-refractivity contribution >= 4 is 27.4 Å². The summed E-state index contributed by atoms with van der Waals surface area (Å²) >= 11 is 0. The van der Waals surface area contributed by atoms with Crippen LogP contribution in [0.4, 0.5) is 20.2 Å². The maximum absolute atomic E-state index is 15.1. The number of nitrogens with one attached hydrogen (secondary N) is 2. The number of rotatable bonds is 5. The molecule has 1 aliphatic rings. The number of fused-ring (bicyclic) bond motifs is 1. The van der Waals surface area contributed by atoms with E-state index in [-0.39, 0.29) is 28.7 Å². The van der Waals surface area contributed by atoms with Crippen molar-refractivity contribution in [3.8, 4) is 0 Å². The molecule has 33 heavy (non-hydrogen) atoms. The molecule has 0 bridgehead atoms. The maximum Gasteiger partial charge on any atom is 0.266 e. The second kappa shape index (κ2) is 8.82. The van der Waals surface area contributed by atoms with Crippen LogP contribution in [0.25, 0.3) is 0 Å². The largest absolute Gasteiger partial charge is 0.378 e. The van der Waals surface area contributed by atoms with E-state index in [1.54, 1.807) is 12.1 Å². The van der Waals surface area contributed by atoms with E-state index < -0.39 is 27.6 Å². The zero-order valence-corrected chi connectivity index (χ0v) is 19.2. The lowest BCUT2D eigenvalue weighted by Gasteiger charge is -2.27. The standard InChI is InChI=1S/C24H24F2N4O2S/c1-15(17-7-9-19(10-8-17)30(2)3)22-20(26)11-12-21-23(22)28-24(29-33(21,31)32)27-14-16-5-4-6-18(25)13-16/h4-13,15H,14H2,1-3H3,(H2,27,28,29). The number of guanidine groups is 1. The molecule has 2 N–H and O–H groups in total. The second-order valence-electron chi connectivity index (χ2n) is 8.07. The van der Waals surface area contributed by atoms with Crippen LogP contribution in [0.15, 0.2) is 70.6 Å². The number of hydrogen-bond acceptors (Lipinski definition) is 4. The minimum absolute atomic E-state index is 0.0458. The van der Waals surface area contributed by atoms with Crippen LogP contribution in [0, 0.1) is 11.6 Å². The average Bonchev–Trinajstić information content (AvgIpc) is 2.77. The third-order valence-corrected chi connectivity index (χ3v) is 6.95. The number of halogens is 2. The fraction of sp³-hybridized carbons (Fsp3) is 0.208. The summed E-state index contributed by atoms with van der Waals surface area (Å²) in [4.78, 5) is 6.15. The summed E-state index contributed by atoms with van der Waals surface area (Å²) in [7, 11) is -0.110. The van der Waals surface area contributed by atoms with E-state index >= 15 is 4.39 Å². The summed E-state index contributed by atoms with van der Waals surface area (Å²) in [6, 6.07) is 15.9. The van der Waals surface area contributed by atoms with Gasteiger partial charge >= 0.3 is 0 Å². The highest BCUT2D eigenvalue weighted by Gasteiger charge is 2.32. The quantitative estimate of drug-likeness (QED) is 0.578. The molecule has 1 aliphatic heterocycles. The summed E-state index contributed by atoms with van der Waals surface area (Å²) in [6.45, 7) is 1.87. The van der Waals surface area contributed by atoms with Crippen molar-refractivity contribution in [2.24, 2.45) is 4.99 Å². The Labute approximate surface area is 192 Å². The molecule has 1 atom stereocenters. The van der Waals surface area contributed by atoms with E-state index in [0.717, 1.165) is 17.3 Å². The average molecular weight is 471 g/mol. The smallest absolute Gasteiger partial charge is 0.266 e.